The Morgan fingerprint density at radius 2 is 1.67 bits per heavy atom. The van der Waals surface area contributed by atoms with Gasteiger partial charge in [0.05, 0.1) is 6.20 Å². The Bertz CT molecular complexity index is 769. The Labute approximate surface area is 125 Å². The molecule has 1 aromatic heterocycles. The van der Waals surface area contributed by atoms with Crippen LogP contribution in [0.5, 0.6) is 0 Å². The van der Waals surface area contributed by atoms with Gasteiger partial charge in [0.1, 0.15) is 5.69 Å². The molecule has 0 unspecified atom stereocenters. The smallest absolute Gasteiger partial charge is 0.113 e. The molecule has 0 radical (unpaired) electrons. The minimum Gasteiger partial charge on any atom is -0.249 e. The number of aromatic nitrogens is 3. The Kier molecular flexibility index (Phi) is 3.50. The van der Waals surface area contributed by atoms with Gasteiger partial charge in [-0.05, 0) is 42.2 Å². The summed E-state index contributed by atoms with van der Waals surface area (Å²) in [4.78, 5) is 0. The Balaban J connectivity index is 2.06. The van der Waals surface area contributed by atoms with Crippen LogP contribution in [-0.4, -0.2) is 15.0 Å². The standard InChI is InChI=1S/C18H21N3/c1-12(2)15-7-5-14-6-8-16(10-17(14)9-15)18-11-21(13(3)4)20-19-18/h5-13H,1-4H3. The second-order valence-electron chi connectivity index (χ2n) is 6.15. The molecule has 0 spiro atoms. The highest BCUT2D eigenvalue weighted by Gasteiger charge is 2.07. The Morgan fingerprint density at radius 3 is 2.33 bits per heavy atom. The third kappa shape index (κ3) is 2.68. The van der Waals surface area contributed by atoms with Crippen molar-refractivity contribution in [2.45, 2.75) is 39.7 Å². The summed E-state index contributed by atoms with van der Waals surface area (Å²) >= 11 is 0. The number of rotatable bonds is 3. The third-order valence-corrected chi connectivity index (χ3v) is 3.87. The molecule has 0 bridgehead atoms. The Hall–Kier alpha value is -2.16. The predicted molar refractivity (Wildman–Crippen MR) is 87.4 cm³/mol. The van der Waals surface area contributed by atoms with Crippen molar-refractivity contribution >= 4 is 10.8 Å². The summed E-state index contributed by atoms with van der Waals surface area (Å²) in [6.07, 6.45) is 2.01. The van der Waals surface area contributed by atoms with Crippen LogP contribution in [-0.2, 0) is 0 Å². The van der Waals surface area contributed by atoms with E-state index in [0.29, 0.717) is 12.0 Å². The summed E-state index contributed by atoms with van der Waals surface area (Å²) in [5.74, 6) is 0.542. The summed E-state index contributed by atoms with van der Waals surface area (Å²) in [5, 5.41) is 11.0. The summed E-state index contributed by atoms with van der Waals surface area (Å²) < 4.78 is 1.89. The van der Waals surface area contributed by atoms with Crippen molar-refractivity contribution in [2.75, 3.05) is 0 Å². The molecule has 3 heteroatoms. The second-order valence-corrected chi connectivity index (χ2v) is 6.15. The zero-order valence-electron chi connectivity index (χ0n) is 13.0. The largest absolute Gasteiger partial charge is 0.249 e. The van der Waals surface area contributed by atoms with Gasteiger partial charge in [0.25, 0.3) is 0 Å². The molecule has 0 atom stereocenters. The molecule has 0 aliphatic heterocycles. The topological polar surface area (TPSA) is 30.7 Å². The van der Waals surface area contributed by atoms with Crippen molar-refractivity contribution in [3.8, 4) is 11.3 Å². The summed E-state index contributed by atoms with van der Waals surface area (Å²) in [6, 6.07) is 13.5. The van der Waals surface area contributed by atoms with Crippen LogP contribution in [0.25, 0.3) is 22.0 Å². The van der Waals surface area contributed by atoms with Crippen molar-refractivity contribution in [2.24, 2.45) is 0 Å². The highest BCUT2D eigenvalue weighted by molar-refractivity contribution is 5.87. The van der Waals surface area contributed by atoms with Crippen LogP contribution < -0.4 is 0 Å². The van der Waals surface area contributed by atoms with Crippen LogP contribution in [0.15, 0.2) is 42.6 Å². The average molecular weight is 279 g/mol. The first-order valence-electron chi connectivity index (χ1n) is 7.50. The van der Waals surface area contributed by atoms with Crippen molar-refractivity contribution in [3.63, 3.8) is 0 Å². The highest BCUT2D eigenvalue weighted by atomic mass is 15.4. The molecule has 0 saturated carbocycles. The summed E-state index contributed by atoms with van der Waals surface area (Å²) in [5.41, 5.74) is 3.42. The van der Waals surface area contributed by atoms with Gasteiger partial charge in [-0.2, -0.15) is 0 Å². The molecular formula is C18H21N3. The van der Waals surface area contributed by atoms with Crippen molar-refractivity contribution in [1.29, 1.82) is 0 Å². The van der Waals surface area contributed by atoms with E-state index in [1.165, 1.54) is 16.3 Å². The maximum atomic E-state index is 4.28. The lowest BCUT2D eigenvalue weighted by atomic mass is 9.98. The maximum absolute atomic E-state index is 4.28. The fourth-order valence-corrected chi connectivity index (χ4v) is 2.45. The lowest BCUT2D eigenvalue weighted by molar-refractivity contribution is 0.514. The molecule has 0 amide bonds. The molecule has 0 aliphatic carbocycles. The van der Waals surface area contributed by atoms with Gasteiger partial charge < -0.3 is 0 Å². The normalized spacial score (nSPS) is 11.7. The van der Waals surface area contributed by atoms with E-state index in [0.717, 1.165) is 11.3 Å². The van der Waals surface area contributed by atoms with E-state index in [1.54, 1.807) is 0 Å². The van der Waals surface area contributed by atoms with Crippen molar-refractivity contribution in [3.05, 3.63) is 48.2 Å². The SMILES string of the molecule is CC(C)c1ccc2ccc(-c3cn(C(C)C)nn3)cc2c1. The molecule has 0 N–H and O–H groups in total. The zero-order valence-corrected chi connectivity index (χ0v) is 13.0. The first-order valence-corrected chi connectivity index (χ1v) is 7.50. The maximum Gasteiger partial charge on any atom is 0.113 e. The third-order valence-electron chi connectivity index (χ3n) is 3.87. The van der Waals surface area contributed by atoms with Gasteiger partial charge in [0.15, 0.2) is 0 Å². The molecule has 3 aromatic rings. The van der Waals surface area contributed by atoms with Crippen LogP contribution in [0, 0.1) is 0 Å². The molecule has 108 valence electrons. The number of fused-ring (bicyclic) bond motifs is 1. The lowest BCUT2D eigenvalue weighted by Gasteiger charge is -2.07. The molecule has 3 rings (SSSR count). The molecule has 0 fully saturated rings. The van der Waals surface area contributed by atoms with Gasteiger partial charge in [0.2, 0.25) is 0 Å². The average Bonchev–Trinajstić information content (AvgIpc) is 2.96. The van der Waals surface area contributed by atoms with Crippen molar-refractivity contribution < 1.29 is 0 Å². The quantitative estimate of drug-likeness (QED) is 0.689. The number of hydrogen-bond donors (Lipinski definition) is 0. The fraction of sp³-hybridized carbons (Fsp3) is 0.333. The van der Waals surface area contributed by atoms with Crippen LogP contribution in [0.1, 0.15) is 45.2 Å². The predicted octanol–water partition coefficient (Wildman–Crippen LogP) is 4.80. The second kappa shape index (κ2) is 5.32. The minimum absolute atomic E-state index is 0.333. The number of nitrogens with zero attached hydrogens (tertiary/aromatic N) is 3. The van der Waals surface area contributed by atoms with E-state index in [1.807, 2.05) is 10.9 Å². The first-order chi connectivity index (χ1) is 10.0. The number of benzene rings is 2. The molecule has 21 heavy (non-hydrogen) atoms. The van der Waals surface area contributed by atoms with E-state index >= 15 is 0 Å². The molecular weight excluding hydrogens is 258 g/mol. The van der Waals surface area contributed by atoms with Gasteiger partial charge in [-0.25, -0.2) is 4.68 Å². The monoisotopic (exact) mass is 279 g/mol. The molecule has 0 saturated heterocycles. The lowest BCUT2D eigenvalue weighted by Crippen LogP contribution is -2.00. The van der Waals surface area contributed by atoms with Crippen molar-refractivity contribution in [1.82, 2.24) is 15.0 Å². The van der Waals surface area contributed by atoms with Gasteiger partial charge in [-0.15, -0.1) is 5.10 Å². The molecule has 1 heterocycles. The van der Waals surface area contributed by atoms with Gasteiger partial charge in [0, 0.05) is 11.6 Å². The highest BCUT2D eigenvalue weighted by Crippen LogP contribution is 2.26. The van der Waals surface area contributed by atoms with E-state index in [2.05, 4.69) is 74.4 Å². The van der Waals surface area contributed by atoms with Crippen LogP contribution in [0.2, 0.25) is 0 Å². The van der Waals surface area contributed by atoms with E-state index in [4.69, 9.17) is 0 Å². The van der Waals surface area contributed by atoms with Gasteiger partial charge in [-0.1, -0.05) is 49.4 Å². The van der Waals surface area contributed by atoms with E-state index < -0.39 is 0 Å². The minimum atomic E-state index is 0.333. The van der Waals surface area contributed by atoms with Gasteiger partial charge >= 0.3 is 0 Å². The van der Waals surface area contributed by atoms with Crippen LogP contribution >= 0.6 is 0 Å². The van der Waals surface area contributed by atoms with Crippen LogP contribution in [0.4, 0.5) is 0 Å². The summed E-state index contributed by atoms with van der Waals surface area (Å²) in [6.45, 7) is 8.65. The Morgan fingerprint density at radius 1 is 0.905 bits per heavy atom. The van der Waals surface area contributed by atoms with Gasteiger partial charge in [-0.3, -0.25) is 0 Å². The molecule has 3 nitrogen and oxygen atoms in total. The number of hydrogen-bond acceptors (Lipinski definition) is 2. The van der Waals surface area contributed by atoms with E-state index in [-0.39, 0.29) is 0 Å². The molecule has 0 aliphatic rings. The van der Waals surface area contributed by atoms with E-state index in [9.17, 15) is 0 Å². The zero-order chi connectivity index (χ0) is 15.0. The molecule has 2 aromatic carbocycles. The van der Waals surface area contributed by atoms with Crippen LogP contribution in [0.3, 0.4) is 0 Å². The summed E-state index contributed by atoms with van der Waals surface area (Å²) in [7, 11) is 0. The first kappa shape index (κ1) is 13.8. The fourth-order valence-electron chi connectivity index (χ4n) is 2.45.